The van der Waals surface area contributed by atoms with Crippen LogP contribution < -0.4 is 5.32 Å². The topological polar surface area (TPSA) is 66.4 Å². The second kappa shape index (κ2) is 3.68. The van der Waals surface area contributed by atoms with E-state index in [1.807, 2.05) is 0 Å². The molecule has 5 heteroatoms. The molecule has 1 amide bonds. The van der Waals surface area contributed by atoms with E-state index in [0.29, 0.717) is 23.7 Å². The number of carboxylic acid groups (broad SMARTS) is 1. The van der Waals surface area contributed by atoms with E-state index in [4.69, 9.17) is 5.11 Å². The third kappa shape index (κ3) is 1.55. The average molecular weight is 241 g/mol. The minimum Gasteiger partial charge on any atom is -0.480 e. The lowest BCUT2D eigenvalue weighted by Gasteiger charge is -2.13. The van der Waals surface area contributed by atoms with Crippen molar-refractivity contribution in [1.29, 1.82) is 0 Å². The van der Waals surface area contributed by atoms with E-state index < -0.39 is 18.7 Å². The largest absolute Gasteiger partial charge is 0.480 e. The van der Waals surface area contributed by atoms with Gasteiger partial charge >= 0.3 is 5.97 Å². The number of carbonyl (C=O) groups excluding carboxylic acids is 1. The minimum absolute atomic E-state index is 0.0327. The van der Waals surface area contributed by atoms with Gasteiger partial charge in [0.25, 0.3) is 0 Å². The van der Waals surface area contributed by atoms with E-state index in [-0.39, 0.29) is 11.8 Å². The molecule has 5 unspecified atom stereocenters. The molecule has 5 atom stereocenters. The van der Waals surface area contributed by atoms with Crippen LogP contribution in [0.1, 0.15) is 19.3 Å². The maximum Gasteiger partial charge on any atom is 0.328 e. The van der Waals surface area contributed by atoms with Gasteiger partial charge in [0.15, 0.2) is 6.04 Å². The van der Waals surface area contributed by atoms with Gasteiger partial charge in [-0.1, -0.05) is 0 Å². The molecule has 3 aliphatic carbocycles. The minimum atomic E-state index is -1.37. The molecule has 0 aromatic heterocycles. The van der Waals surface area contributed by atoms with Gasteiger partial charge in [0.05, 0.1) is 0 Å². The number of rotatable bonds is 4. The SMILES string of the molecule is O=C(O)C(CF)NC(=O)C1C2C3CCC(C3)C12. The zero-order valence-corrected chi connectivity index (χ0v) is 9.43. The summed E-state index contributed by atoms with van der Waals surface area (Å²) in [6, 6.07) is -1.37. The van der Waals surface area contributed by atoms with E-state index in [1.165, 1.54) is 19.3 Å². The fourth-order valence-corrected chi connectivity index (χ4v) is 4.11. The Kier molecular flexibility index (Phi) is 2.38. The summed E-state index contributed by atoms with van der Waals surface area (Å²) in [4.78, 5) is 22.5. The summed E-state index contributed by atoms with van der Waals surface area (Å²) < 4.78 is 12.4. The van der Waals surface area contributed by atoms with Crippen LogP contribution in [0.4, 0.5) is 4.39 Å². The summed E-state index contributed by atoms with van der Waals surface area (Å²) in [5.74, 6) is 0.667. The van der Waals surface area contributed by atoms with Crippen LogP contribution in [0.2, 0.25) is 0 Å². The number of carbonyl (C=O) groups is 2. The summed E-state index contributed by atoms with van der Waals surface area (Å²) in [5.41, 5.74) is 0. The number of aliphatic carboxylic acids is 1. The molecule has 0 aliphatic heterocycles. The van der Waals surface area contributed by atoms with E-state index in [9.17, 15) is 14.0 Å². The first kappa shape index (κ1) is 11.0. The molecule has 3 rings (SSSR count). The Morgan fingerprint density at radius 1 is 1.29 bits per heavy atom. The molecule has 2 N–H and O–H groups in total. The number of carboxylic acids is 1. The first-order valence-electron chi connectivity index (χ1n) is 6.22. The van der Waals surface area contributed by atoms with E-state index in [0.717, 1.165) is 0 Å². The lowest BCUT2D eigenvalue weighted by Crippen LogP contribution is -2.43. The Balaban J connectivity index is 1.60. The first-order valence-corrected chi connectivity index (χ1v) is 6.22. The molecular weight excluding hydrogens is 225 g/mol. The van der Waals surface area contributed by atoms with Gasteiger partial charge in [0.1, 0.15) is 6.67 Å². The average Bonchev–Trinajstić information content (AvgIpc) is 2.75. The predicted octanol–water partition coefficient (Wildman–Crippen LogP) is 0.817. The number of halogens is 1. The molecule has 4 nitrogen and oxygen atoms in total. The molecule has 3 aliphatic rings. The van der Waals surface area contributed by atoms with E-state index >= 15 is 0 Å². The van der Waals surface area contributed by atoms with Gasteiger partial charge in [-0.05, 0) is 42.9 Å². The Labute approximate surface area is 98.6 Å². The van der Waals surface area contributed by atoms with Gasteiger partial charge in [-0.3, -0.25) is 4.79 Å². The van der Waals surface area contributed by atoms with Crippen molar-refractivity contribution in [1.82, 2.24) is 5.32 Å². The second-order valence-corrected chi connectivity index (χ2v) is 5.57. The Morgan fingerprint density at radius 2 is 1.88 bits per heavy atom. The van der Waals surface area contributed by atoms with Crippen LogP contribution in [-0.2, 0) is 9.59 Å². The third-order valence-corrected chi connectivity index (χ3v) is 4.81. The monoisotopic (exact) mass is 241 g/mol. The summed E-state index contributed by atoms with van der Waals surface area (Å²) in [7, 11) is 0. The fraction of sp³-hybridized carbons (Fsp3) is 0.833. The lowest BCUT2D eigenvalue weighted by atomic mass is 10.0. The predicted molar refractivity (Wildman–Crippen MR) is 56.8 cm³/mol. The fourth-order valence-electron chi connectivity index (χ4n) is 4.11. The highest BCUT2D eigenvalue weighted by Gasteiger charge is 2.67. The maximum absolute atomic E-state index is 12.4. The molecule has 0 aromatic carbocycles. The molecule has 3 saturated carbocycles. The molecule has 0 heterocycles. The zero-order valence-electron chi connectivity index (χ0n) is 9.43. The Hall–Kier alpha value is -1.13. The third-order valence-electron chi connectivity index (χ3n) is 4.81. The molecule has 2 bridgehead atoms. The van der Waals surface area contributed by atoms with Gasteiger partial charge in [-0.15, -0.1) is 0 Å². The second-order valence-electron chi connectivity index (χ2n) is 5.57. The molecule has 0 saturated heterocycles. The first-order chi connectivity index (χ1) is 8.13. The van der Waals surface area contributed by atoms with Crippen molar-refractivity contribution in [3.05, 3.63) is 0 Å². The van der Waals surface area contributed by atoms with Crippen molar-refractivity contribution in [2.75, 3.05) is 6.67 Å². The molecule has 94 valence electrons. The number of alkyl halides is 1. The van der Waals surface area contributed by atoms with Crippen molar-refractivity contribution < 1.29 is 19.1 Å². The summed E-state index contributed by atoms with van der Waals surface area (Å²) >= 11 is 0. The molecule has 3 fully saturated rings. The Bertz CT molecular complexity index is 357. The van der Waals surface area contributed by atoms with Crippen LogP contribution in [0.15, 0.2) is 0 Å². The molecule has 0 spiro atoms. The Morgan fingerprint density at radius 3 is 2.35 bits per heavy atom. The van der Waals surface area contributed by atoms with Gasteiger partial charge < -0.3 is 10.4 Å². The standard InChI is InChI=1S/C12H16FNO3/c13-4-7(12(16)17)14-11(15)10-8-5-1-2-6(3-5)9(8)10/h5-10H,1-4H2,(H,14,15)(H,16,17). The van der Waals surface area contributed by atoms with Crippen molar-refractivity contribution >= 4 is 11.9 Å². The number of hydrogen-bond acceptors (Lipinski definition) is 2. The maximum atomic E-state index is 12.4. The van der Waals surface area contributed by atoms with Crippen molar-refractivity contribution in [2.24, 2.45) is 29.6 Å². The van der Waals surface area contributed by atoms with Gasteiger partial charge in [-0.2, -0.15) is 0 Å². The normalized spacial score (nSPS) is 43.0. The number of nitrogens with one attached hydrogen (secondary N) is 1. The molecule has 17 heavy (non-hydrogen) atoms. The zero-order chi connectivity index (χ0) is 12.2. The molecule has 0 aromatic rings. The van der Waals surface area contributed by atoms with Crippen molar-refractivity contribution in [3.8, 4) is 0 Å². The summed E-state index contributed by atoms with van der Waals surface area (Å²) in [5, 5.41) is 11.0. The highest BCUT2D eigenvalue weighted by atomic mass is 19.1. The van der Waals surface area contributed by atoms with Crippen LogP contribution in [0, 0.1) is 29.6 Å². The van der Waals surface area contributed by atoms with E-state index in [2.05, 4.69) is 5.32 Å². The van der Waals surface area contributed by atoms with Crippen LogP contribution in [0.5, 0.6) is 0 Å². The summed E-state index contributed by atoms with van der Waals surface area (Å²) in [6.45, 7) is -1.05. The van der Waals surface area contributed by atoms with E-state index in [1.54, 1.807) is 0 Å². The molecular formula is C12H16FNO3. The quantitative estimate of drug-likeness (QED) is 0.765. The smallest absolute Gasteiger partial charge is 0.328 e. The van der Waals surface area contributed by atoms with Gasteiger partial charge in [0.2, 0.25) is 5.91 Å². The van der Waals surface area contributed by atoms with Crippen molar-refractivity contribution in [3.63, 3.8) is 0 Å². The molecule has 0 radical (unpaired) electrons. The number of amides is 1. The summed E-state index contributed by atoms with van der Waals surface area (Å²) in [6.07, 6.45) is 3.66. The highest BCUT2D eigenvalue weighted by Crippen LogP contribution is 2.69. The van der Waals surface area contributed by atoms with Crippen LogP contribution in [0.25, 0.3) is 0 Å². The van der Waals surface area contributed by atoms with Crippen LogP contribution in [-0.4, -0.2) is 29.7 Å². The van der Waals surface area contributed by atoms with Crippen LogP contribution in [0.3, 0.4) is 0 Å². The highest BCUT2D eigenvalue weighted by molar-refractivity contribution is 5.87. The van der Waals surface area contributed by atoms with Gasteiger partial charge in [0, 0.05) is 5.92 Å². The number of hydrogen-bond donors (Lipinski definition) is 2. The number of fused-ring (bicyclic) bond motifs is 5. The van der Waals surface area contributed by atoms with Crippen molar-refractivity contribution in [2.45, 2.75) is 25.3 Å². The lowest BCUT2D eigenvalue weighted by molar-refractivity contribution is -0.142. The van der Waals surface area contributed by atoms with Gasteiger partial charge in [-0.25, -0.2) is 9.18 Å². The van der Waals surface area contributed by atoms with Crippen LogP contribution >= 0.6 is 0 Å².